The van der Waals surface area contributed by atoms with Crippen LogP contribution in [0.1, 0.15) is 5.69 Å². The van der Waals surface area contributed by atoms with Gasteiger partial charge in [-0.2, -0.15) is 13.2 Å². The molecule has 18 heavy (non-hydrogen) atoms. The van der Waals surface area contributed by atoms with E-state index < -0.39 is 11.9 Å². The van der Waals surface area contributed by atoms with Crippen LogP contribution < -0.4 is 5.73 Å². The highest BCUT2D eigenvalue weighted by molar-refractivity contribution is 6.33. The third kappa shape index (κ3) is 2.41. The van der Waals surface area contributed by atoms with Crippen LogP contribution >= 0.6 is 11.6 Å². The number of nitrogens with zero attached hydrogens (tertiary/aromatic N) is 1. The van der Waals surface area contributed by atoms with Crippen molar-refractivity contribution in [3.8, 4) is 11.3 Å². The van der Waals surface area contributed by atoms with E-state index in [-0.39, 0.29) is 11.4 Å². The second-order valence-corrected chi connectivity index (χ2v) is 4.02. The molecule has 2 nitrogen and oxygen atoms in total. The molecule has 1 aromatic carbocycles. The maximum atomic E-state index is 12.6. The summed E-state index contributed by atoms with van der Waals surface area (Å²) < 4.78 is 37.7. The third-order valence-electron chi connectivity index (χ3n) is 2.35. The molecule has 0 amide bonds. The van der Waals surface area contributed by atoms with Gasteiger partial charge in [-0.25, -0.2) is 4.98 Å². The van der Waals surface area contributed by atoms with E-state index in [2.05, 4.69) is 4.98 Å². The van der Waals surface area contributed by atoms with Gasteiger partial charge in [0.1, 0.15) is 5.69 Å². The summed E-state index contributed by atoms with van der Waals surface area (Å²) in [5, 5.41) is 0.302. The maximum absolute atomic E-state index is 12.6. The largest absolute Gasteiger partial charge is 0.433 e. The van der Waals surface area contributed by atoms with Gasteiger partial charge >= 0.3 is 6.18 Å². The minimum absolute atomic E-state index is 0.0374. The molecule has 1 aromatic heterocycles. The predicted octanol–water partition coefficient (Wildman–Crippen LogP) is 4.00. The highest BCUT2D eigenvalue weighted by Crippen LogP contribution is 2.34. The molecule has 2 aromatic rings. The summed E-state index contributed by atoms with van der Waals surface area (Å²) in [5.74, 6) is 0. The molecule has 2 N–H and O–H groups in total. The number of nitrogens with two attached hydrogens (primary N) is 1. The molecule has 6 heteroatoms. The number of rotatable bonds is 1. The normalized spacial score (nSPS) is 11.6. The number of anilines is 1. The standard InChI is InChI=1S/C12H8ClF3N2/c13-8-4-2-1-3-7(8)11-9(17)5-6-10(18-11)12(14,15)16/h1-6H,17H2. The molecular formula is C12H8ClF3N2. The Kier molecular flexibility index (Phi) is 3.17. The zero-order valence-corrected chi connectivity index (χ0v) is 9.76. The van der Waals surface area contributed by atoms with Gasteiger partial charge < -0.3 is 5.73 Å². The molecule has 0 aliphatic heterocycles. The van der Waals surface area contributed by atoms with Gasteiger partial charge in [-0.3, -0.25) is 0 Å². The SMILES string of the molecule is Nc1ccc(C(F)(F)F)nc1-c1ccccc1Cl. The van der Waals surface area contributed by atoms with E-state index in [9.17, 15) is 13.2 Å². The first-order valence-corrected chi connectivity index (χ1v) is 5.36. The van der Waals surface area contributed by atoms with Crippen molar-refractivity contribution in [2.75, 3.05) is 5.73 Å². The Hall–Kier alpha value is -1.75. The van der Waals surface area contributed by atoms with E-state index in [1.54, 1.807) is 24.3 Å². The lowest BCUT2D eigenvalue weighted by molar-refractivity contribution is -0.141. The average Bonchev–Trinajstić information content (AvgIpc) is 2.29. The number of halogens is 4. The first kappa shape index (κ1) is 12.7. The van der Waals surface area contributed by atoms with Gasteiger partial charge in [0.2, 0.25) is 0 Å². The van der Waals surface area contributed by atoms with E-state index in [0.29, 0.717) is 10.6 Å². The number of aromatic nitrogens is 1. The molecule has 0 radical (unpaired) electrons. The predicted molar refractivity (Wildman–Crippen MR) is 64.1 cm³/mol. The fourth-order valence-corrected chi connectivity index (χ4v) is 1.72. The molecule has 0 saturated carbocycles. The molecule has 1 heterocycles. The van der Waals surface area contributed by atoms with Crippen molar-refractivity contribution in [1.82, 2.24) is 4.98 Å². The molecule has 2 rings (SSSR count). The van der Waals surface area contributed by atoms with Crippen LogP contribution in [0.4, 0.5) is 18.9 Å². The summed E-state index contributed by atoms with van der Waals surface area (Å²) in [6.45, 7) is 0. The van der Waals surface area contributed by atoms with E-state index in [1.807, 2.05) is 0 Å². The van der Waals surface area contributed by atoms with Crippen LogP contribution in [0.2, 0.25) is 5.02 Å². The van der Waals surface area contributed by atoms with Crippen molar-refractivity contribution in [1.29, 1.82) is 0 Å². The van der Waals surface area contributed by atoms with Gasteiger partial charge in [0.05, 0.1) is 16.4 Å². The number of pyridine rings is 1. The summed E-state index contributed by atoms with van der Waals surface area (Å²) in [6, 6.07) is 8.49. The quantitative estimate of drug-likeness (QED) is 0.852. The summed E-state index contributed by atoms with van der Waals surface area (Å²) in [6.07, 6.45) is -4.51. The number of alkyl halides is 3. The lowest BCUT2D eigenvalue weighted by atomic mass is 10.1. The third-order valence-corrected chi connectivity index (χ3v) is 2.68. The Bertz CT molecular complexity index is 582. The van der Waals surface area contributed by atoms with E-state index in [4.69, 9.17) is 17.3 Å². The molecule has 0 fully saturated rings. The minimum atomic E-state index is -4.51. The number of benzene rings is 1. The molecule has 0 spiro atoms. The summed E-state index contributed by atoms with van der Waals surface area (Å²) in [4.78, 5) is 3.54. The average molecular weight is 273 g/mol. The van der Waals surface area contributed by atoms with Gasteiger partial charge in [0.25, 0.3) is 0 Å². The zero-order chi connectivity index (χ0) is 13.3. The van der Waals surface area contributed by atoms with Crippen LogP contribution in [0.5, 0.6) is 0 Å². The first-order chi connectivity index (χ1) is 8.39. The lowest BCUT2D eigenvalue weighted by Gasteiger charge is -2.11. The van der Waals surface area contributed by atoms with Gasteiger partial charge in [0.15, 0.2) is 0 Å². The van der Waals surface area contributed by atoms with Crippen molar-refractivity contribution in [2.24, 2.45) is 0 Å². The Morgan fingerprint density at radius 2 is 1.72 bits per heavy atom. The van der Waals surface area contributed by atoms with Crippen LogP contribution in [-0.4, -0.2) is 4.98 Å². The fraction of sp³-hybridized carbons (Fsp3) is 0.0833. The molecule has 0 aliphatic carbocycles. The Labute approximate surface area is 106 Å². The van der Waals surface area contributed by atoms with Crippen LogP contribution in [0.25, 0.3) is 11.3 Å². The Morgan fingerprint density at radius 1 is 1.06 bits per heavy atom. The van der Waals surface area contributed by atoms with Crippen LogP contribution in [0.15, 0.2) is 36.4 Å². The second kappa shape index (κ2) is 4.49. The number of nitrogen functional groups attached to an aromatic ring is 1. The zero-order valence-electron chi connectivity index (χ0n) is 9.00. The topological polar surface area (TPSA) is 38.9 Å². The lowest BCUT2D eigenvalue weighted by Crippen LogP contribution is -2.09. The van der Waals surface area contributed by atoms with Gasteiger partial charge in [-0.1, -0.05) is 29.8 Å². The van der Waals surface area contributed by atoms with Crippen molar-refractivity contribution in [2.45, 2.75) is 6.18 Å². The molecule has 0 atom stereocenters. The molecule has 94 valence electrons. The maximum Gasteiger partial charge on any atom is 0.433 e. The van der Waals surface area contributed by atoms with Gasteiger partial charge in [0, 0.05) is 5.56 Å². The monoisotopic (exact) mass is 272 g/mol. The molecular weight excluding hydrogens is 265 g/mol. The highest BCUT2D eigenvalue weighted by Gasteiger charge is 2.33. The van der Waals surface area contributed by atoms with Crippen LogP contribution in [0, 0.1) is 0 Å². The highest BCUT2D eigenvalue weighted by atomic mass is 35.5. The van der Waals surface area contributed by atoms with Gasteiger partial charge in [-0.15, -0.1) is 0 Å². The smallest absolute Gasteiger partial charge is 0.397 e. The molecule has 0 aliphatic rings. The molecule has 0 saturated heterocycles. The van der Waals surface area contributed by atoms with Crippen molar-refractivity contribution in [3.05, 3.63) is 47.1 Å². The van der Waals surface area contributed by atoms with Crippen molar-refractivity contribution < 1.29 is 13.2 Å². The second-order valence-electron chi connectivity index (χ2n) is 3.61. The summed E-state index contributed by atoms with van der Waals surface area (Å²) >= 11 is 5.92. The van der Waals surface area contributed by atoms with Crippen LogP contribution in [0.3, 0.4) is 0 Å². The summed E-state index contributed by atoms with van der Waals surface area (Å²) in [7, 11) is 0. The van der Waals surface area contributed by atoms with Crippen LogP contribution in [-0.2, 0) is 6.18 Å². The first-order valence-electron chi connectivity index (χ1n) is 4.98. The fourth-order valence-electron chi connectivity index (χ4n) is 1.50. The summed E-state index contributed by atoms with van der Waals surface area (Å²) in [5.41, 5.74) is 5.22. The van der Waals surface area contributed by atoms with E-state index in [1.165, 1.54) is 6.07 Å². The Morgan fingerprint density at radius 3 is 2.33 bits per heavy atom. The molecule has 0 bridgehead atoms. The van der Waals surface area contributed by atoms with E-state index >= 15 is 0 Å². The molecule has 0 unspecified atom stereocenters. The minimum Gasteiger partial charge on any atom is -0.397 e. The van der Waals surface area contributed by atoms with Crippen molar-refractivity contribution in [3.63, 3.8) is 0 Å². The number of hydrogen-bond acceptors (Lipinski definition) is 2. The number of hydrogen-bond donors (Lipinski definition) is 1. The van der Waals surface area contributed by atoms with Crippen molar-refractivity contribution >= 4 is 17.3 Å². The van der Waals surface area contributed by atoms with E-state index in [0.717, 1.165) is 6.07 Å². The van der Waals surface area contributed by atoms with Gasteiger partial charge in [-0.05, 0) is 18.2 Å². The Balaban J connectivity index is 2.61.